The summed E-state index contributed by atoms with van der Waals surface area (Å²) in [6, 6.07) is 10.4. The van der Waals surface area contributed by atoms with E-state index in [0.717, 1.165) is 107 Å². The number of urea groups is 1. The maximum atomic E-state index is 13.0. The molecule has 3 aromatic rings. The summed E-state index contributed by atoms with van der Waals surface area (Å²) in [6.45, 7) is 10.6. The number of likely N-dealkylation sites (tertiary alicyclic amines) is 1. The number of nitrogens with one attached hydrogen (secondary N) is 1. The summed E-state index contributed by atoms with van der Waals surface area (Å²) < 4.78 is 10.6. The zero-order valence-electron chi connectivity index (χ0n) is 24.6. The molecule has 3 fully saturated rings. The molecule has 3 aliphatic rings. The highest BCUT2D eigenvalue weighted by atomic mass is 16.5. The lowest BCUT2D eigenvalue weighted by molar-refractivity contribution is 0.122. The van der Waals surface area contributed by atoms with Crippen molar-refractivity contribution in [2.45, 2.75) is 25.2 Å². The standard InChI is InChI=1S/C31H42N8O3/c1-41-18-2-9-36-12-14-37(15-13-36)26-4-5-27-28(21-26)33-23-34-30(27)24-7-10-39(11-8-24)31(40)35-25-3-6-29(32-22-25)38-16-19-42-20-17-38/h3-6,21-24H,2,7-20H2,1H3,(H,35,40). The number of benzene rings is 1. The number of hydrogen-bond acceptors (Lipinski definition) is 9. The van der Waals surface area contributed by atoms with Crippen LogP contribution in [0.3, 0.4) is 0 Å². The second kappa shape index (κ2) is 13.6. The summed E-state index contributed by atoms with van der Waals surface area (Å²) in [4.78, 5) is 36.0. The minimum atomic E-state index is -0.0784. The molecule has 0 unspecified atom stereocenters. The Bertz CT molecular complexity index is 1320. The third-order valence-electron chi connectivity index (χ3n) is 8.71. The highest BCUT2D eigenvalue weighted by Crippen LogP contribution is 2.33. The van der Waals surface area contributed by atoms with Crippen molar-refractivity contribution in [1.82, 2.24) is 24.8 Å². The van der Waals surface area contributed by atoms with Crippen LogP contribution in [0.5, 0.6) is 0 Å². The van der Waals surface area contributed by atoms with Crippen LogP contribution in [0.1, 0.15) is 30.9 Å². The summed E-state index contributed by atoms with van der Waals surface area (Å²) in [7, 11) is 1.76. The van der Waals surface area contributed by atoms with Crippen LogP contribution < -0.4 is 15.1 Å². The quantitative estimate of drug-likeness (QED) is 0.406. The van der Waals surface area contributed by atoms with Gasteiger partial charge in [0.2, 0.25) is 0 Å². The SMILES string of the molecule is COCCCN1CCN(c2ccc3c(C4CCN(C(=O)Nc5ccc(N6CCOCC6)nc5)CC4)ncnc3c2)CC1. The van der Waals surface area contributed by atoms with Crippen molar-refractivity contribution in [2.24, 2.45) is 0 Å². The van der Waals surface area contributed by atoms with E-state index in [4.69, 9.17) is 14.5 Å². The second-order valence-corrected chi connectivity index (χ2v) is 11.3. The molecule has 6 rings (SSSR count). The van der Waals surface area contributed by atoms with Crippen LogP contribution >= 0.6 is 0 Å². The summed E-state index contributed by atoms with van der Waals surface area (Å²) in [5.74, 6) is 1.22. The number of morpholine rings is 1. The van der Waals surface area contributed by atoms with Crippen molar-refractivity contribution in [3.05, 3.63) is 48.5 Å². The van der Waals surface area contributed by atoms with E-state index in [9.17, 15) is 4.79 Å². The molecule has 0 atom stereocenters. The number of hydrogen-bond donors (Lipinski definition) is 1. The van der Waals surface area contributed by atoms with Gasteiger partial charge in [-0.1, -0.05) is 0 Å². The molecule has 0 aliphatic carbocycles. The predicted octanol–water partition coefficient (Wildman–Crippen LogP) is 3.43. The molecule has 11 heteroatoms. The van der Waals surface area contributed by atoms with Crippen molar-refractivity contribution in [3.63, 3.8) is 0 Å². The number of rotatable bonds is 8. The number of piperidine rings is 1. The second-order valence-electron chi connectivity index (χ2n) is 11.3. The Morgan fingerprint density at radius 1 is 0.952 bits per heavy atom. The molecular weight excluding hydrogens is 532 g/mol. The first-order valence-electron chi connectivity index (χ1n) is 15.2. The Balaban J connectivity index is 1.02. The van der Waals surface area contributed by atoms with E-state index < -0.39 is 0 Å². The molecule has 42 heavy (non-hydrogen) atoms. The van der Waals surface area contributed by atoms with Crippen LogP contribution in [0.2, 0.25) is 0 Å². The van der Waals surface area contributed by atoms with E-state index in [1.54, 1.807) is 19.6 Å². The monoisotopic (exact) mass is 574 g/mol. The number of pyridine rings is 1. The van der Waals surface area contributed by atoms with E-state index in [0.29, 0.717) is 24.7 Å². The summed E-state index contributed by atoms with van der Waals surface area (Å²) in [6.07, 6.45) is 6.26. The van der Waals surface area contributed by atoms with E-state index in [1.807, 2.05) is 17.0 Å². The number of ether oxygens (including phenoxy) is 2. The first-order chi connectivity index (χ1) is 20.7. The maximum absolute atomic E-state index is 13.0. The molecule has 2 amide bonds. The van der Waals surface area contributed by atoms with E-state index >= 15 is 0 Å². The predicted molar refractivity (Wildman–Crippen MR) is 165 cm³/mol. The molecule has 0 saturated carbocycles. The van der Waals surface area contributed by atoms with Gasteiger partial charge in [-0.15, -0.1) is 0 Å². The van der Waals surface area contributed by atoms with Gasteiger partial charge in [0, 0.05) is 89.6 Å². The largest absolute Gasteiger partial charge is 0.385 e. The number of methoxy groups -OCH3 is 1. The molecule has 0 bridgehead atoms. The Kier molecular flexibility index (Phi) is 9.27. The minimum absolute atomic E-state index is 0.0784. The number of anilines is 3. The molecule has 1 N–H and O–H groups in total. The number of nitrogens with zero attached hydrogens (tertiary/aromatic N) is 7. The fourth-order valence-electron chi connectivity index (χ4n) is 6.25. The van der Waals surface area contributed by atoms with Crippen molar-refractivity contribution in [2.75, 3.05) is 101 Å². The lowest BCUT2D eigenvalue weighted by Crippen LogP contribution is -2.46. The van der Waals surface area contributed by atoms with Gasteiger partial charge >= 0.3 is 6.03 Å². The van der Waals surface area contributed by atoms with Crippen LogP contribution in [0.25, 0.3) is 10.9 Å². The zero-order valence-corrected chi connectivity index (χ0v) is 24.6. The van der Waals surface area contributed by atoms with Gasteiger partial charge in [0.15, 0.2) is 0 Å². The average Bonchev–Trinajstić information content (AvgIpc) is 3.05. The van der Waals surface area contributed by atoms with Gasteiger partial charge in [-0.05, 0) is 49.6 Å². The Hall–Kier alpha value is -3.54. The number of aromatic nitrogens is 3. The number of carbonyl (C=O) groups excluding carboxylic acids is 1. The lowest BCUT2D eigenvalue weighted by atomic mass is 9.91. The van der Waals surface area contributed by atoms with Gasteiger partial charge in [0.05, 0.1) is 36.3 Å². The van der Waals surface area contributed by atoms with Gasteiger partial charge in [-0.3, -0.25) is 4.90 Å². The normalized spacial score (nSPS) is 18.9. The number of piperazine rings is 1. The zero-order chi connectivity index (χ0) is 28.7. The van der Waals surface area contributed by atoms with E-state index in [2.05, 4.69) is 48.2 Å². The average molecular weight is 575 g/mol. The van der Waals surface area contributed by atoms with Gasteiger partial charge in [-0.2, -0.15) is 0 Å². The van der Waals surface area contributed by atoms with Crippen LogP contribution in [-0.2, 0) is 9.47 Å². The van der Waals surface area contributed by atoms with Crippen molar-refractivity contribution in [1.29, 1.82) is 0 Å². The molecule has 2 aromatic heterocycles. The van der Waals surface area contributed by atoms with Gasteiger partial charge in [0.1, 0.15) is 12.1 Å². The lowest BCUT2D eigenvalue weighted by Gasteiger charge is -2.36. The van der Waals surface area contributed by atoms with Crippen LogP contribution in [0, 0.1) is 0 Å². The smallest absolute Gasteiger partial charge is 0.321 e. The molecule has 0 spiro atoms. The number of carbonyl (C=O) groups is 1. The molecule has 224 valence electrons. The maximum Gasteiger partial charge on any atom is 0.321 e. The molecular formula is C31H42N8O3. The molecule has 11 nitrogen and oxygen atoms in total. The van der Waals surface area contributed by atoms with Gasteiger partial charge in [-0.25, -0.2) is 19.7 Å². The highest BCUT2D eigenvalue weighted by molar-refractivity contribution is 5.89. The first-order valence-corrected chi connectivity index (χ1v) is 15.2. The molecule has 1 aromatic carbocycles. The first kappa shape index (κ1) is 28.6. The summed E-state index contributed by atoms with van der Waals surface area (Å²) in [5, 5.41) is 4.14. The van der Waals surface area contributed by atoms with Crippen LogP contribution in [-0.4, -0.2) is 117 Å². The molecule has 5 heterocycles. The highest BCUT2D eigenvalue weighted by Gasteiger charge is 2.27. The summed E-state index contributed by atoms with van der Waals surface area (Å²) in [5.41, 5.74) is 4.03. The van der Waals surface area contributed by atoms with Crippen molar-refractivity contribution in [3.8, 4) is 0 Å². The Labute approximate surface area is 247 Å². The third-order valence-corrected chi connectivity index (χ3v) is 8.71. The summed E-state index contributed by atoms with van der Waals surface area (Å²) >= 11 is 0. The minimum Gasteiger partial charge on any atom is -0.385 e. The Morgan fingerprint density at radius 2 is 1.76 bits per heavy atom. The Morgan fingerprint density at radius 3 is 2.50 bits per heavy atom. The molecule has 3 saturated heterocycles. The van der Waals surface area contributed by atoms with Crippen molar-refractivity contribution >= 4 is 34.1 Å². The third kappa shape index (κ3) is 6.74. The molecule has 3 aliphatic heterocycles. The number of amides is 2. The topological polar surface area (TPSA) is 99.2 Å². The van der Waals surface area contributed by atoms with Crippen molar-refractivity contribution < 1.29 is 14.3 Å². The van der Waals surface area contributed by atoms with Crippen LogP contribution in [0.15, 0.2) is 42.9 Å². The van der Waals surface area contributed by atoms with Gasteiger partial charge in [0.25, 0.3) is 0 Å². The van der Waals surface area contributed by atoms with E-state index in [-0.39, 0.29) is 6.03 Å². The molecule has 0 radical (unpaired) electrons. The van der Waals surface area contributed by atoms with Crippen LogP contribution in [0.4, 0.5) is 22.0 Å². The fraction of sp³-hybridized carbons (Fsp3) is 0.548. The number of fused-ring (bicyclic) bond motifs is 1. The fourth-order valence-corrected chi connectivity index (χ4v) is 6.25. The van der Waals surface area contributed by atoms with Gasteiger partial charge < -0.3 is 29.5 Å². The van der Waals surface area contributed by atoms with E-state index in [1.165, 1.54) is 5.69 Å².